The molecule has 1 unspecified atom stereocenters. The lowest BCUT2D eigenvalue weighted by Crippen LogP contribution is -2.46. The molecule has 22 heavy (non-hydrogen) atoms. The summed E-state index contributed by atoms with van der Waals surface area (Å²) in [6.07, 6.45) is 3.93. The van der Waals surface area contributed by atoms with E-state index in [2.05, 4.69) is 4.90 Å². The molecule has 6 nitrogen and oxygen atoms in total. The predicted octanol–water partition coefficient (Wildman–Crippen LogP) is 2.18. The van der Waals surface area contributed by atoms with Crippen molar-refractivity contribution in [2.75, 3.05) is 26.2 Å². The lowest BCUT2D eigenvalue weighted by Gasteiger charge is -2.36. The highest BCUT2D eigenvalue weighted by Crippen LogP contribution is 2.29. The van der Waals surface area contributed by atoms with Crippen LogP contribution in [0, 0.1) is 5.92 Å². The standard InChI is InChI=1S/C16H28N2O4/c1-16(2,3)22-15(21)17-8-4-5-12(9-17)10-18(11-14(19)20)13-6-7-13/h12-13H,4-11H2,1-3H3,(H,19,20). The summed E-state index contributed by atoms with van der Waals surface area (Å²) in [7, 11) is 0. The van der Waals surface area contributed by atoms with Crippen LogP contribution in [0.25, 0.3) is 0 Å². The number of hydrogen-bond donors (Lipinski definition) is 1. The molecule has 2 fully saturated rings. The van der Waals surface area contributed by atoms with Gasteiger partial charge in [0.1, 0.15) is 5.60 Å². The van der Waals surface area contributed by atoms with Gasteiger partial charge >= 0.3 is 12.1 Å². The number of piperidine rings is 1. The summed E-state index contributed by atoms with van der Waals surface area (Å²) in [4.78, 5) is 27.0. The van der Waals surface area contributed by atoms with Gasteiger partial charge < -0.3 is 14.7 Å². The van der Waals surface area contributed by atoms with Crippen LogP contribution in [0.1, 0.15) is 46.5 Å². The lowest BCUT2D eigenvalue weighted by molar-refractivity contribution is -0.138. The minimum atomic E-state index is -0.772. The summed E-state index contributed by atoms with van der Waals surface area (Å²) < 4.78 is 5.43. The maximum atomic E-state index is 12.2. The van der Waals surface area contributed by atoms with Crippen molar-refractivity contribution in [1.82, 2.24) is 9.80 Å². The second-order valence-corrected chi connectivity index (χ2v) is 7.49. The Hall–Kier alpha value is -1.30. The number of amides is 1. The Bertz CT molecular complexity index is 415. The second-order valence-electron chi connectivity index (χ2n) is 7.49. The van der Waals surface area contributed by atoms with Gasteiger partial charge in [-0.25, -0.2) is 4.79 Å². The Morgan fingerprint density at radius 3 is 2.50 bits per heavy atom. The summed E-state index contributed by atoms with van der Waals surface area (Å²) in [6.45, 7) is 7.87. The third-order valence-electron chi connectivity index (χ3n) is 4.07. The van der Waals surface area contributed by atoms with E-state index in [0.717, 1.165) is 38.8 Å². The number of hydrogen-bond acceptors (Lipinski definition) is 4. The van der Waals surface area contributed by atoms with Crippen molar-refractivity contribution >= 4 is 12.1 Å². The molecular formula is C16H28N2O4. The van der Waals surface area contributed by atoms with Gasteiger partial charge in [0.15, 0.2) is 0 Å². The fourth-order valence-corrected chi connectivity index (χ4v) is 2.99. The minimum absolute atomic E-state index is 0.105. The molecule has 1 aliphatic heterocycles. The number of carbonyl (C=O) groups excluding carboxylic acids is 1. The normalized spacial score (nSPS) is 22.7. The van der Waals surface area contributed by atoms with Crippen molar-refractivity contribution in [2.45, 2.75) is 58.1 Å². The van der Waals surface area contributed by atoms with Gasteiger partial charge in [-0.3, -0.25) is 9.69 Å². The molecule has 0 aromatic heterocycles. The molecule has 1 saturated heterocycles. The molecule has 1 atom stereocenters. The fraction of sp³-hybridized carbons (Fsp3) is 0.875. The first-order valence-electron chi connectivity index (χ1n) is 8.18. The molecule has 126 valence electrons. The quantitative estimate of drug-likeness (QED) is 0.842. The van der Waals surface area contributed by atoms with Gasteiger partial charge in [-0.05, 0) is 52.4 Å². The van der Waals surface area contributed by atoms with Crippen LogP contribution >= 0.6 is 0 Å². The van der Waals surface area contributed by atoms with Crippen LogP contribution in [0.2, 0.25) is 0 Å². The SMILES string of the molecule is CC(C)(C)OC(=O)N1CCCC(CN(CC(=O)O)C2CC2)C1. The summed E-state index contributed by atoms with van der Waals surface area (Å²) in [6, 6.07) is 0.424. The van der Waals surface area contributed by atoms with E-state index in [9.17, 15) is 9.59 Å². The molecule has 1 N–H and O–H groups in total. The van der Waals surface area contributed by atoms with Crippen molar-refractivity contribution in [3.8, 4) is 0 Å². The molecule has 0 aromatic carbocycles. The Kier molecular flexibility index (Phi) is 5.32. The van der Waals surface area contributed by atoms with Gasteiger partial charge in [0, 0.05) is 25.7 Å². The molecule has 0 spiro atoms. The maximum absolute atomic E-state index is 12.2. The zero-order chi connectivity index (χ0) is 16.3. The molecular weight excluding hydrogens is 284 g/mol. The first-order valence-corrected chi connectivity index (χ1v) is 8.18. The van der Waals surface area contributed by atoms with Crippen LogP contribution < -0.4 is 0 Å². The summed E-state index contributed by atoms with van der Waals surface area (Å²) in [5, 5.41) is 9.03. The fourth-order valence-electron chi connectivity index (χ4n) is 2.99. The van der Waals surface area contributed by atoms with Gasteiger partial charge in [0.25, 0.3) is 0 Å². The zero-order valence-electron chi connectivity index (χ0n) is 13.9. The van der Waals surface area contributed by atoms with Crippen LogP contribution in [0.3, 0.4) is 0 Å². The van der Waals surface area contributed by atoms with Crippen LogP contribution in [-0.4, -0.2) is 64.8 Å². The Morgan fingerprint density at radius 1 is 1.27 bits per heavy atom. The van der Waals surface area contributed by atoms with Gasteiger partial charge in [-0.2, -0.15) is 0 Å². The number of aliphatic carboxylic acids is 1. The Labute approximate surface area is 132 Å². The van der Waals surface area contributed by atoms with Crippen molar-refractivity contribution in [1.29, 1.82) is 0 Å². The number of likely N-dealkylation sites (tertiary alicyclic amines) is 1. The van der Waals surface area contributed by atoms with E-state index < -0.39 is 11.6 Å². The van der Waals surface area contributed by atoms with E-state index in [-0.39, 0.29) is 12.6 Å². The summed E-state index contributed by atoms with van der Waals surface area (Å²) in [5.41, 5.74) is -0.479. The molecule has 1 heterocycles. The maximum Gasteiger partial charge on any atom is 0.410 e. The van der Waals surface area contributed by atoms with Gasteiger partial charge in [0.05, 0.1) is 6.54 Å². The van der Waals surface area contributed by atoms with Gasteiger partial charge in [-0.1, -0.05) is 0 Å². The zero-order valence-corrected chi connectivity index (χ0v) is 13.9. The van der Waals surface area contributed by atoms with Crippen molar-refractivity contribution in [3.63, 3.8) is 0 Å². The second kappa shape index (κ2) is 6.86. The van der Waals surface area contributed by atoms with Crippen molar-refractivity contribution in [2.24, 2.45) is 5.92 Å². The third-order valence-corrected chi connectivity index (χ3v) is 4.07. The number of nitrogens with zero attached hydrogens (tertiary/aromatic N) is 2. The van der Waals surface area contributed by atoms with E-state index in [1.165, 1.54) is 0 Å². The monoisotopic (exact) mass is 312 g/mol. The molecule has 0 aromatic rings. The van der Waals surface area contributed by atoms with E-state index in [1.54, 1.807) is 4.90 Å². The molecule has 2 rings (SSSR count). The lowest BCUT2D eigenvalue weighted by atomic mass is 9.97. The molecule has 1 saturated carbocycles. The van der Waals surface area contributed by atoms with Crippen LogP contribution in [-0.2, 0) is 9.53 Å². The molecule has 1 aliphatic carbocycles. The number of ether oxygens (including phenoxy) is 1. The van der Waals surface area contributed by atoms with Crippen LogP contribution in [0.4, 0.5) is 4.79 Å². The van der Waals surface area contributed by atoms with Crippen molar-refractivity contribution < 1.29 is 19.4 Å². The summed E-state index contributed by atoms with van der Waals surface area (Å²) in [5.74, 6) is -0.437. The third kappa shape index (κ3) is 5.48. The summed E-state index contributed by atoms with van der Waals surface area (Å²) >= 11 is 0. The number of carboxylic acid groups (broad SMARTS) is 1. The Morgan fingerprint density at radius 2 is 1.95 bits per heavy atom. The van der Waals surface area contributed by atoms with Crippen molar-refractivity contribution in [3.05, 3.63) is 0 Å². The average Bonchev–Trinajstić information content (AvgIpc) is 3.20. The van der Waals surface area contributed by atoms with E-state index in [0.29, 0.717) is 18.5 Å². The molecule has 0 radical (unpaired) electrons. The van der Waals surface area contributed by atoms with Gasteiger partial charge in [-0.15, -0.1) is 0 Å². The smallest absolute Gasteiger partial charge is 0.410 e. The molecule has 1 amide bonds. The first-order chi connectivity index (χ1) is 10.2. The highest BCUT2D eigenvalue weighted by molar-refractivity contribution is 5.69. The Balaban J connectivity index is 1.86. The van der Waals surface area contributed by atoms with E-state index in [1.807, 2.05) is 20.8 Å². The van der Waals surface area contributed by atoms with E-state index in [4.69, 9.17) is 9.84 Å². The number of carbonyl (C=O) groups is 2. The van der Waals surface area contributed by atoms with Crippen LogP contribution in [0.5, 0.6) is 0 Å². The average molecular weight is 312 g/mol. The molecule has 2 aliphatic rings. The highest BCUT2D eigenvalue weighted by Gasteiger charge is 2.34. The first kappa shape index (κ1) is 17.1. The largest absolute Gasteiger partial charge is 0.480 e. The van der Waals surface area contributed by atoms with Gasteiger partial charge in [0.2, 0.25) is 0 Å². The molecule has 6 heteroatoms. The highest BCUT2D eigenvalue weighted by atomic mass is 16.6. The number of rotatable bonds is 5. The van der Waals surface area contributed by atoms with Crippen LogP contribution in [0.15, 0.2) is 0 Å². The van der Waals surface area contributed by atoms with E-state index >= 15 is 0 Å². The minimum Gasteiger partial charge on any atom is -0.480 e. The predicted molar refractivity (Wildman–Crippen MR) is 82.8 cm³/mol. The topological polar surface area (TPSA) is 70.1 Å². The number of carboxylic acids is 1. The molecule has 0 bridgehead atoms.